The molecule has 2 bridgehead atoms. The molecule has 4 rings (SSSR count). The van der Waals surface area contributed by atoms with Gasteiger partial charge in [-0.2, -0.15) is 0 Å². The van der Waals surface area contributed by atoms with Gasteiger partial charge in [0.05, 0.1) is 0 Å². The first kappa shape index (κ1) is 14.3. The van der Waals surface area contributed by atoms with Gasteiger partial charge in [-0.25, -0.2) is 0 Å². The average molecular weight is 288 g/mol. The van der Waals surface area contributed by atoms with Crippen LogP contribution in [0.3, 0.4) is 0 Å². The molecule has 0 radical (unpaired) electrons. The van der Waals surface area contributed by atoms with Gasteiger partial charge in [0.25, 0.3) is 0 Å². The molecule has 1 heteroatoms. The molecule has 1 N–H and O–H groups in total. The van der Waals surface area contributed by atoms with E-state index in [4.69, 9.17) is 0 Å². The standard InChI is InChI=1S/C20H32O/c1-14-11-19-10-7-16-18(2,3)8-4-9-20(16,13-21)17(19)6-5-15(14)12-19/h15-17,21H,1,4-13H2,2-3H3/t15-,16+,17-,19-,20+/m1/s1. The Hall–Kier alpha value is -0.300. The maximum Gasteiger partial charge on any atom is 0.0493 e. The van der Waals surface area contributed by atoms with E-state index in [1.54, 1.807) is 5.57 Å². The van der Waals surface area contributed by atoms with Crippen LogP contribution in [-0.4, -0.2) is 11.7 Å². The molecule has 4 saturated carbocycles. The Bertz CT molecular complexity index is 464. The smallest absolute Gasteiger partial charge is 0.0493 e. The predicted octanol–water partition coefficient (Wildman–Crippen LogP) is 4.95. The van der Waals surface area contributed by atoms with Crippen LogP contribution in [0.15, 0.2) is 12.2 Å². The second-order valence-electron chi connectivity index (χ2n) is 9.55. The van der Waals surface area contributed by atoms with Crippen LogP contribution in [0.2, 0.25) is 0 Å². The quantitative estimate of drug-likeness (QED) is 0.677. The molecule has 4 aliphatic carbocycles. The lowest BCUT2D eigenvalue weighted by Gasteiger charge is -2.64. The van der Waals surface area contributed by atoms with Crippen molar-refractivity contribution in [3.8, 4) is 0 Å². The highest BCUT2D eigenvalue weighted by molar-refractivity contribution is 5.22. The van der Waals surface area contributed by atoms with Crippen LogP contribution in [-0.2, 0) is 0 Å². The van der Waals surface area contributed by atoms with Crippen molar-refractivity contribution in [1.82, 2.24) is 0 Å². The fraction of sp³-hybridized carbons (Fsp3) is 0.900. The summed E-state index contributed by atoms with van der Waals surface area (Å²) in [7, 11) is 0. The zero-order valence-electron chi connectivity index (χ0n) is 14.0. The van der Waals surface area contributed by atoms with Gasteiger partial charge >= 0.3 is 0 Å². The minimum Gasteiger partial charge on any atom is -0.396 e. The monoisotopic (exact) mass is 288 g/mol. The summed E-state index contributed by atoms with van der Waals surface area (Å²) in [5.41, 5.74) is 2.72. The first-order valence-electron chi connectivity index (χ1n) is 9.22. The van der Waals surface area contributed by atoms with Crippen molar-refractivity contribution in [2.45, 2.75) is 71.6 Å². The lowest BCUT2D eigenvalue weighted by Crippen LogP contribution is -2.58. The zero-order chi connectivity index (χ0) is 14.9. The number of hydrogen-bond acceptors (Lipinski definition) is 1. The molecule has 5 atom stereocenters. The van der Waals surface area contributed by atoms with Crippen molar-refractivity contribution in [2.75, 3.05) is 6.61 Å². The SMILES string of the molecule is C=C1C[C@@]23CC[C@H]4C(C)(C)CCC[C@@]4(CO)[C@@H]2CC[C@@H]1C3. The zero-order valence-corrected chi connectivity index (χ0v) is 14.0. The summed E-state index contributed by atoms with van der Waals surface area (Å²) in [4.78, 5) is 0. The van der Waals surface area contributed by atoms with E-state index in [1.165, 1.54) is 57.8 Å². The predicted molar refractivity (Wildman–Crippen MR) is 86.9 cm³/mol. The Morgan fingerprint density at radius 3 is 2.67 bits per heavy atom. The summed E-state index contributed by atoms with van der Waals surface area (Å²) in [6.07, 6.45) is 12.1. The van der Waals surface area contributed by atoms with E-state index in [-0.39, 0.29) is 5.41 Å². The van der Waals surface area contributed by atoms with Gasteiger partial charge in [-0.3, -0.25) is 0 Å². The molecule has 118 valence electrons. The van der Waals surface area contributed by atoms with Gasteiger partial charge < -0.3 is 5.11 Å². The number of allylic oxidation sites excluding steroid dienone is 1. The first-order chi connectivity index (χ1) is 9.94. The second kappa shape index (κ2) is 4.37. The lowest BCUT2D eigenvalue weighted by atomic mass is 9.41. The van der Waals surface area contributed by atoms with Crippen molar-refractivity contribution in [3.05, 3.63) is 12.2 Å². The summed E-state index contributed by atoms with van der Waals surface area (Å²) >= 11 is 0. The van der Waals surface area contributed by atoms with Crippen LogP contribution in [0.4, 0.5) is 0 Å². The highest BCUT2D eigenvalue weighted by Gasteiger charge is 2.64. The Kier molecular flexibility index (Phi) is 2.98. The maximum atomic E-state index is 10.5. The number of hydrogen-bond donors (Lipinski definition) is 1. The minimum atomic E-state index is 0.232. The first-order valence-corrected chi connectivity index (χ1v) is 9.22. The molecule has 4 fully saturated rings. The van der Waals surface area contributed by atoms with Crippen molar-refractivity contribution in [1.29, 1.82) is 0 Å². The Morgan fingerprint density at radius 1 is 1.10 bits per heavy atom. The Balaban J connectivity index is 1.77. The van der Waals surface area contributed by atoms with Crippen LogP contribution in [0.25, 0.3) is 0 Å². The Labute approximate surface area is 130 Å². The fourth-order valence-corrected chi connectivity index (χ4v) is 7.64. The van der Waals surface area contributed by atoms with E-state index in [2.05, 4.69) is 20.4 Å². The lowest BCUT2D eigenvalue weighted by molar-refractivity contribution is -0.173. The van der Waals surface area contributed by atoms with Crippen molar-refractivity contribution in [3.63, 3.8) is 0 Å². The normalized spacial score (nSPS) is 51.4. The summed E-state index contributed by atoms with van der Waals surface area (Å²) in [5, 5.41) is 10.5. The second-order valence-corrected chi connectivity index (χ2v) is 9.55. The molecule has 0 heterocycles. The van der Waals surface area contributed by atoms with E-state index in [9.17, 15) is 5.11 Å². The number of aliphatic hydroxyl groups is 1. The minimum absolute atomic E-state index is 0.232. The van der Waals surface area contributed by atoms with Gasteiger partial charge in [0, 0.05) is 12.0 Å². The topological polar surface area (TPSA) is 20.2 Å². The van der Waals surface area contributed by atoms with Crippen LogP contribution < -0.4 is 0 Å². The fourth-order valence-electron chi connectivity index (χ4n) is 7.64. The third kappa shape index (κ3) is 1.73. The molecule has 21 heavy (non-hydrogen) atoms. The van der Waals surface area contributed by atoms with Gasteiger partial charge in [-0.15, -0.1) is 0 Å². The van der Waals surface area contributed by atoms with Gasteiger partial charge in [0.2, 0.25) is 0 Å². The van der Waals surface area contributed by atoms with Crippen molar-refractivity contribution < 1.29 is 5.11 Å². The van der Waals surface area contributed by atoms with E-state index >= 15 is 0 Å². The largest absolute Gasteiger partial charge is 0.396 e. The van der Waals surface area contributed by atoms with E-state index < -0.39 is 0 Å². The third-order valence-electron chi connectivity index (χ3n) is 8.37. The van der Waals surface area contributed by atoms with E-state index in [0.717, 1.165) is 17.8 Å². The molecule has 1 spiro atoms. The van der Waals surface area contributed by atoms with Gasteiger partial charge in [-0.1, -0.05) is 32.4 Å². The molecule has 0 aromatic carbocycles. The summed E-state index contributed by atoms with van der Waals surface area (Å²) in [6, 6.07) is 0. The van der Waals surface area contributed by atoms with Gasteiger partial charge in [0.1, 0.15) is 0 Å². The highest BCUT2D eigenvalue weighted by Crippen LogP contribution is 2.72. The molecule has 0 unspecified atom stereocenters. The molecule has 0 aromatic rings. The molecule has 0 aromatic heterocycles. The van der Waals surface area contributed by atoms with Gasteiger partial charge in [0.15, 0.2) is 0 Å². The third-order valence-corrected chi connectivity index (χ3v) is 8.37. The van der Waals surface area contributed by atoms with Crippen LogP contribution >= 0.6 is 0 Å². The molecule has 1 nitrogen and oxygen atoms in total. The number of aliphatic hydroxyl groups excluding tert-OH is 1. The molecule has 0 aliphatic heterocycles. The van der Waals surface area contributed by atoms with Crippen molar-refractivity contribution in [2.24, 2.45) is 34.0 Å². The number of fused-ring (bicyclic) bond motifs is 3. The molecular formula is C20H32O. The molecule has 4 aliphatic rings. The van der Waals surface area contributed by atoms with E-state index in [0.29, 0.717) is 17.4 Å². The molecule has 0 amide bonds. The summed E-state index contributed by atoms with van der Waals surface area (Å²) in [5.74, 6) is 2.32. The summed E-state index contributed by atoms with van der Waals surface area (Å²) < 4.78 is 0. The maximum absolute atomic E-state index is 10.5. The molecule has 0 saturated heterocycles. The number of rotatable bonds is 1. The van der Waals surface area contributed by atoms with Crippen LogP contribution in [0.1, 0.15) is 71.6 Å². The van der Waals surface area contributed by atoms with Crippen LogP contribution in [0.5, 0.6) is 0 Å². The van der Waals surface area contributed by atoms with Gasteiger partial charge in [-0.05, 0) is 80.0 Å². The van der Waals surface area contributed by atoms with Crippen LogP contribution in [0, 0.1) is 34.0 Å². The highest BCUT2D eigenvalue weighted by atomic mass is 16.3. The van der Waals surface area contributed by atoms with E-state index in [1.807, 2.05) is 0 Å². The molecular weight excluding hydrogens is 256 g/mol. The average Bonchev–Trinajstić information content (AvgIpc) is 2.67. The van der Waals surface area contributed by atoms with Crippen molar-refractivity contribution >= 4 is 0 Å². The Morgan fingerprint density at radius 2 is 1.90 bits per heavy atom. The summed E-state index contributed by atoms with van der Waals surface area (Å²) in [6.45, 7) is 9.78.